The van der Waals surface area contributed by atoms with Crippen LogP contribution >= 0.6 is 0 Å². The van der Waals surface area contributed by atoms with Crippen LogP contribution < -0.4 is 5.32 Å². The highest BCUT2D eigenvalue weighted by Crippen LogP contribution is 2.40. The molecule has 0 aliphatic heterocycles. The molecule has 1 N–H and O–H groups in total. The molecule has 3 heteroatoms. The van der Waals surface area contributed by atoms with Crippen molar-refractivity contribution in [1.82, 2.24) is 10.2 Å². The highest BCUT2D eigenvalue weighted by Gasteiger charge is 2.46. The molecule has 0 heterocycles. The summed E-state index contributed by atoms with van der Waals surface area (Å²) in [6.45, 7) is 12.8. The maximum Gasteiger partial charge on any atom is 0.122 e. The van der Waals surface area contributed by atoms with Crippen LogP contribution in [0.15, 0.2) is 0 Å². The van der Waals surface area contributed by atoms with Gasteiger partial charge in [0.15, 0.2) is 0 Å². The van der Waals surface area contributed by atoms with E-state index in [-0.39, 0.29) is 11.0 Å². The number of hydrogen-bond donors (Lipinski definition) is 1. The van der Waals surface area contributed by atoms with Crippen LogP contribution in [0.5, 0.6) is 0 Å². The van der Waals surface area contributed by atoms with E-state index in [1.807, 2.05) is 0 Å². The topological polar surface area (TPSA) is 39.1 Å². The van der Waals surface area contributed by atoms with E-state index in [2.05, 4.69) is 58.0 Å². The van der Waals surface area contributed by atoms with Crippen LogP contribution in [0, 0.1) is 22.7 Å². The van der Waals surface area contributed by atoms with Gasteiger partial charge in [0, 0.05) is 19.1 Å². The van der Waals surface area contributed by atoms with Crippen molar-refractivity contribution in [3.05, 3.63) is 0 Å². The Hall–Kier alpha value is -0.590. The molecule has 18 heavy (non-hydrogen) atoms. The number of rotatable bonds is 6. The smallest absolute Gasteiger partial charge is 0.122 e. The summed E-state index contributed by atoms with van der Waals surface area (Å²) in [6, 6.07) is 2.93. The van der Waals surface area contributed by atoms with Gasteiger partial charge >= 0.3 is 0 Å². The Morgan fingerprint density at radius 1 is 1.28 bits per heavy atom. The van der Waals surface area contributed by atoms with Crippen LogP contribution in [0.1, 0.15) is 47.5 Å². The third kappa shape index (κ3) is 4.59. The Morgan fingerprint density at radius 3 is 2.17 bits per heavy atom. The van der Waals surface area contributed by atoms with E-state index in [0.717, 1.165) is 13.1 Å². The molecule has 1 aliphatic carbocycles. The van der Waals surface area contributed by atoms with Crippen molar-refractivity contribution < 1.29 is 0 Å². The fourth-order valence-corrected chi connectivity index (χ4v) is 2.83. The Labute approximate surface area is 113 Å². The Balaban J connectivity index is 2.70. The predicted molar refractivity (Wildman–Crippen MR) is 76.3 cm³/mol. The lowest BCUT2D eigenvalue weighted by molar-refractivity contribution is 0.170. The average Bonchev–Trinajstić information content (AvgIpc) is 2.95. The quantitative estimate of drug-likeness (QED) is 0.789. The van der Waals surface area contributed by atoms with Crippen LogP contribution in [-0.2, 0) is 0 Å². The van der Waals surface area contributed by atoms with Crippen molar-refractivity contribution >= 4 is 0 Å². The van der Waals surface area contributed by atoms with Crippen molar-refractivity contribution in [1.29, 1.82) is 5.26 Å². The molecule has 0 amide bonds. The third-order valence-corrected chi connectivity index (χ3v) is 3.28. The number of hydrogen-bond acceptors (Lipinski definition) is 3. The van der Waals surface area contributed by atoms with Crippen molar-refractivity contribution in [3.8, 4) is 6.07 Å². The van der Waals surface area contributed by atoms with Gasteiger partial charge in [-0.25, -0.2) is 0 Å². The van der Waals surface area contributed by atoms with Crippen molar-refractivity contribution in [2.24, 2.45) is 11.3 Å². The van der Waals surface area contributed by atoms with Gasteiger partial charge in [0.05, 0.1) is 6.07 Å². The molecule has 104 valence electrons. The van der Waals surface area contributed by atoms with E-state index in [4.69, 9.17) is 0 Å². The van der Waals surface area contributed by atoms with Gasteiger partial charge in [-0.2, -0.15) is 5.26 Å². The summed E-state index contributed by atoms with van der Waals surface area (Å²) in [5.74, 6) is 0.535. The molecule has 1 fully saturated rings. The highest BCUT2D eigenvalue weighted by atomic mass is 15.2. The van der Waals surface area contributed by atoms with Gasteiger partial charge in [-0.3, -0.25) is 5.32 Å². The number of nitrogens with zero attached hydrogens (tertiary/aromatic N) is 2. The fraction of sp³-hybridized carbons (Fsp3) is 0.933. The first kappa shape index (κ1) is 15.5. The Morgan fingerprint density at radius 2 is 1.83 bits per heavy atom. The molecule has 1 saturated carbocycles. The summed E-state index contributed by atoms with van der Waals surface area (Å²) in [7, 11) is 2.13. The largest absolute Gasteiger partial charge is 0.303 e. The molecule has 3 nitrogen and oxygen atoms in total. The zero-order chi connectivity index (χ0) is 14.0. The van der Waals surface area contributed by atoms with Gasteiger partial charge in [0.25, 0.3) is 0 Å². The average molecular weight is 251 g/mol. The number of likely N-dealkylation sites (N-methyl/N-ethyl adjacent to an activating group) is 1. The van der Waals surface area contributed by atoms with Crippen molar-refractivity contribution in [2.75, 3.05) is 20.1 Å². The summed E-state index contributed by atoms with van der Waals surface area (Å²) in [5.41, 5.74) is -0.0779. The summed E-state index contributed by atoms with van der Waals surface area (Å²) in [6.07, 6.45) is 2.38. The number of nitriles is 1. The van der Waals surface area contributed by atoms with Gasteiger partial charge in [-0.1, -0.05) is 20.8 Å². The van der Waals surface area contributed by atoms with E-state index in [9.17, 15) is 5.26 Å². The van der Waals surface area contributed by atoms with Gasteiger partial charge in [-0.15, -0.1) is 0 Å². The minimum atomic E-state index is -0.353. The molecule has 0 aromatic carbocycles. The molecule has 0 spiro atoms. The van der Waals surface area contributed by atoms with Crippen LogP contribution in [0.2, 0.25) is 0 Å². The Bertz CT molecular complexity index is 307. The lowest BCUT2D eigenvalue weighted by atomic mass is 9.91. The van der Waals surface area contributed by atoms with E-state index >= 15 is 0 Å². The van der Waals surface area contributed by atoms with E-state index in [1.165, 1.54) is 12.8 Å². The van der Waals surface area contributed by atoms with E-state index in [1.54, 1.807) is 0 Å². The van der Waals surface area contributed by atoms with Crippen molar-refractivity contribution in [2.45, 2.75) is 59.0 Å². The molecule has 1 rings (SSSR count). The highest BCUT2D eigenvalue weighted by molar-refractivity contribution is 5.17. The molecular weight excluding hydrogens is 222 g/mol. The lowest BCUT2D eigenvalue weighted by Gasteiger charge is -2.36. The monoisotopic (exact) mass is 251 g/mol. The summed E-state index contributed by atoms with van der Waals surface area (Å²) >= 11 is 0. The molecule has 0 aromatic heterocycles. The number of nitrogens with one attached hydrogen (secondary N) is 1. The summed E-state index contributed by atoms with van der Waals surface area (Å²) in [4.78, 5) is 2.30. The van der Waals surface area contributed by atoms with E-state index < -0.39 is 0 Å². The SMILES string of the molecule is CC(C)NC(C#N)(CN(C)CC(C)(C)C)C1CC1. The molecular formula is C15H29N3. The first-order chi connectivity index (χ1) is 8.18. The molecule has 1 unspecified atom stereocenters. The maximum atomic E-state index is 9.64. The van der Waals surface area contributed by atoms with Crippen LogP contribution in [-0.4, -0.2) is 36.6 Å². The summed E-state index contributed by atoms with van der Waals surface area (Å²) < 4.78 is 0. The second kappa shape index (κ2) is 5.59. The molecule has 0 bridgehead atoms. The zero-order valence-corrected chi connectivity index (χ0v) is 12.9. The first-order valence-corrected chi connectivity index (χ1v) is 7.06. The second-order valence-electron chi connectivity index (χ2n) is 7.39. The van der Waals surface area contributed by atoms with Gasteiger partial charge in [0.1, 0.15) is 5.54 Å². The maximum absolute atomic E-state index is 9.64. The first-order valence-electron chi connectivity index (χ1n) is 7.06. The van der Waals surface area contributed by atoms with Gasteiger partial charge in [0.2, 0.25) is 0 Å². The van der Waals surface area contributed by atoms with Crippen LogP contribution in [0.3, 0.4) is 0 Å². The molecule has 1 aliphatic rings. The standard InChI is InChI=1S/C15H29N3/c1-12(2)17-15(9-16,13-7-8-13)11-18(6)10-14(3,4)5/h12-13,17H,7-8,10-11H2,1-6H3. The van der Waals surface area contributed by atoms with E-state index in [0.29, 0.717) is 12.0 Å². The lowest BCUT2D eigenvalue weighted by Crippen LogP contribution is -2.56. The van der Waals surface area contributed by atoms with Crippen LogP contribution in [0.4, 0.5) is 0 Å². The molecule has 0 saturated heterocycles. The minimum Gasteiger partial charge on any atom is -0.303 e. The molecule has 0 radical (unpaired) electrons. The van der Waals surface area contributed by atoms with Crippen molar-refractivity contribution in [3.63, 3.8) is 0 Å². The fourth-order valence-electron chi connectivity index (χ4n) is 2.83. The minimum absolute atomic E-state index is 0.275. The third-order valence-electron chi connectivity index (χ3n) is 3.28. The zero-order valence-electron chi connectivity index (χ0n) is 12.9. The molecule has 1 atom stereocenters. The summed E-state index contributed by atoms with van der Waals surface area (Å²) in [5, 5.41) is 13.2. The predicted octanol–water partition coefficient (Wildman–Crippen LogP) is 2.63. The normalized spacial score (nSPS) is 19.9. The van der Waals surface area contributed by atoms with Crippen LogP contribution in [0.25, 0.3) is 0 Å². The van der Waals surface area contributed by atoms with Gasteiger partial charge < -0.3 is 4.90 Å². The second-order valence-corrected chi connectivity index (χ2v) is 7.39. The van der Waals surface area contributed by atoms with Gasteiger partial charge in [-0.05, 0) is 45.1 Å². The molecule has 0 aromatic rings. The Kier molecular flexibility index (Phi) is 4.80.